The maximum absolute atomic E-state index is 12.2. The summed E-state index contributed by atoms with van der Waals surface area (Å²) in [6.45, 7) is 5.64. The molecule has 30 heavy (non-hydrogen) atoms. The van der Waals surface area contributed by atoms with E-state index >= 15 is 0 Å². The summed E-state index contributed by atoms with van der Waals surface area (Å²) >= 11 is 0. The van der Waals surface area contributed by atoms with E-state index in [1.54, 1.807) is 19.4 Å². The van der Waals surface area contributed by atoms with Gasteiger partial charge in [0, 0.05) is 24.4 Å². The van der Waals surface area contributed by atoms with Gasteiger partial charge in [-0.15, -0.1) is 0 Å². The molecule has 0 aliphatic heterocycles. The average molecular weight is 405 g/mol. The molecule has 0 unspecified atom stereocenters. The zero-order valence-electron chi connectivity index (χ0n) is 17.6. The summed E-state index contributed by atoms with van der Waals surface area (Å²) in [4.78, 5) is 12.2. The van der Waals surface area contributed by atoms with Crippen LogP contribution in [0.25, 0.3) is 6.08 Å². The van der Waals surface area contributed by atoms with Gasteiger partial charge in [0.2, 0.25) is 5.91 Å². The third-order valence-corrected chi connectivity index (χ3v) is 4.69. The monoisotopic (exact) mass is 405 g/mol. The Balaban J connectivity index is 1.61. The number of aromatic nitrogens is 2. The Labute approximate surface area is 177 Å². The number of nitrogens with zero attached hydrogens (tertiary/aromatic N) is 2. The molecule has 0 saturated heterocycles. The fraction of sp³-hybridized carbons (Fsp3) is 0.250. The molecule has 2 aromatic carbocycles. The van der Waals surface area contributed by atoms with Gasteiger partial charge < -0.3 is 14.8 Å². The topological polar surface area (TPSA) is 65.4 Å². The van der Waals surface area contributed by atoms with Crippen molar-refractivity contribution in [3.63, 3.8) is 0 Å². The second kappa shape index (κ2) is 10.3. The number of nitrogens with one attached hydrogen (secondary N) is 1. The Morgan fingerprint density at radius 1 is 1.17 bits per heavy atom. The highest BCUT2D eigenvalue weighted by atomic mass is 16.5. The predicted octanol–water partition coefficient (Wildman–Crippen LogP) is 4.13. The average Bonchev–Trinajstić information content (AvgIpc) is 3.23. The molecule has 0 saturated carbocycles. The molecule has 0 spiro atoms. The molecule has 1 aromatic heterocycles. The lowest BCUT2D eigenvalue weighted by atomic mass is 10.1. The van der Waals surface area contributed by atoms with Gasteiger partial charge in [-0.2, -0.15) is 5.10 Å². The van der Waals surface area contributed by atoms with E-state index in [2.05, 4.69) is 10.4 Å². The van der Waals surface area contributed by atoms with Crippen molar-refractivity contribution in [3.8, 4) is 11.5 Å². The van der Waals surface area contributed by atoms with Crippen LogP contribution in [0.4, 0.5) is 0 Å². The Hall–Kier alpha value is -3.54. The number of methoxy groups -OCH3 is 1. The molecule has 0 aliphatic rings. The number of carbonyl (C=O) groups excluding carboxylic acids is 1. The molecule has 1 heterocycles. The van der Waals surface area contributed by atoms with E-state index in [4.69, 9.17) is 9.47 Å². The van der Waals surface area contributed by atoms with Crippen LogP contribution in [0, 0.1) is 6.92 Å². The van der Waals surface area contributed by atoms with E-state index in [0.717, 1.165) is 34.9 Å². The van der Waals surface area contributed by atoms with Crippen molar-refractivity contribution in [1.82, 2.24) is 15.1 Å². The molecule has 6 heteroatoms. The zero-order valence-corrected chi connectivity index (χ0v) is 17.6. The normalized spacial score (nSPS) is 10.9. The molecule has 3 aromatic rings. The smallest absolute Gasteiger partial charge is 0.244 e. The predicted molar refractivity (Wildman–Crippen MR) is 117 cm³/mol. The minimum atomic E-state index is -0.160. The fourth-order valence-electron chi connectivity index (χ4n) is 3.01. The largest absolute Gasteiger partial charge is 0.496 e. The van der Waals surface area contributed by atoms with Crippen LogP contribution in [0.3, 0.4) is 0 Å². The number of benzene rings is 2. The first-order chi connectivity index (χ1) is 14.6. The van der Waals surface area contributed by atoms with Crippen LogP contribution in [0.2, 0.25) is 0 Å². The number of hydrogen-bond donors (Lipinski definition) is 1. The zero-order chi connectivity index (χ0) is 21.3. The lowest BCUT2D eigenvalue weighted by Crippen LogP contribution is -2.22. The summed E-state index contributed by atoms with van der Waals surface area (Å²) < 4.78 is 13.2. The molecule has 0 fully saturated rings. The van der Waals surface area contributed by atoms with Crippen molar-refractivity contribution in [1.29, 1.82) is 0 Å². The number of ether oxygens (including phenoxy) is 2. The molecule has 6 nitrogen and oxygen atoms in total. The first-order valence-electron chi connectivity index (χ1n) is 9.92. The molecule has 0 radical (unpaired) electrons. The van der Waals surface area contributed by atoms with Crippen LogP contribution in [0.1, 0.15) is 29.3 Å². The lowest BCUT2D eigenvalue weighted by Gasteiger charge is -2.11. The molecule has 3 rings (SSSR count). The van der Waals surface area contributed by atoms with Crippen molar-refractivity contribution >= 4 is 12.0 Å². The highest BCUT2D eigenvalue weighted by Crippen LogP contribution is 2.23. The van der Waals surface area contributed by atoms with Crippen LogP contribution in [0.15, 0.2) is 60.8 Å². The molecule has 0 aliphatic carbocycles. The van der Waals surface area contributed by atoms with Gasteiger partial charge in [0.05, 0.1) is 19.3 Å². The number of aryl methyl sites for hydroxylation is 2. The second-order valence-corrected chi connectivity index (χ2v) is 6.86. The molecule has 1 amide bonds. The van der Waals surface area contributed by atoms with Gasteiger partial charge in [0.15, 0.2) is 0 Å². The Morgan fingerprint density at radius 2 is 1.97 bits per heavy atom. The summed E-state index contributed by atoms with van der Waals surface area (Å²) in [6.07, 6.45) is 5.04. The number of amides is 1. The van der Waals surface area contributed by atoms with Crippen molar-refractivity contribution in [2.45, 2.75) is 33.5 Å². The summed E-state index contributed by atoms with van der Waals surface area (Å²) in [7, 11) is 1.63. The van der Waals surface area contributed by atoms with E-state index in [0.29, 0.717) is 13.2 Å². The maximum atomic E-state index is 12.2. The lowest BCUT2D eigenvalue weighted by molar-refractivity contribution is -0.116. The van der Waals surface area contributed by atoms with Crippen LogP contribution in [0.5, 0.6) is 11.5 Å². The minimum absolute atomic E-state index is 0.160. The fourth-order valence-corrected chi connectivity index (χ4v) is 3.01. The van der Waals surface area contributed by atoms with Crippen LogP contribution in [-0.4, -0.2) is 22.8 Å². The van der Waals surface area contributed by atoms with Gasteiger partial charge in [-0.05, 0) is 55.8 Å². The summed E-state index contributed by atoms with van der Waals surface area (Å²) in [5.41, 5.74) is 3.96. The van der Waals surface area contributed by atoms with Crippen molar-refractivity contribution in [2.24, 2.45) is 0 Å². The molecular formula is C24H27N3O3. The SMILES string of the molecule is CCn1nccc1CNC(=O)/C=C/c1ccc(OC)c(COc2ccc(C)cc2)c1. The van der Waals surface area contributed by atoms with Gasteiger partial charge in [-0.25, -0.2) is 0 Å². The van der Waals surface area contributed by atoms with Gasteiger partial charge in [-0.3, -0.25) is 9.48 Å². The van der Waals surface area contributed by atoms with Gasteiger partial charge in [-0.1, -0.05) is 23.8 Å². The Morgan fingerprint density at radius 3 is 2.70 bits per heavy atom. The number of hydrogen-bond acceptors (Lipinski definition) is 4. The van der Waals surface area contributed by atoms with E-state index < -0.39 is 0 Å². The van der Waals surface area contributed by atoms with Crippen LogP contribution >= 0.6 is 0 Å². The standard InChI is InChI=1S/C24H27N3O3/c1-4-27-21(13-14-26-27)16-25-24(28)12-8-19-7-11-23(29-3)20(15-19)17-30-22-9-5-18(2)6-10-22/h5-15H,4,16-17H2,1-3H3,(H,25,28)/b12-8+. The summed E-state index contributed by atoms with van der Waals surface area (Å²) in [6, 6.07) is 15.6. The highest BCUT2D eigenvalue weighted by molar-refractivity contribution is 5.91. The van der Waals surface area contributed by atoms with Gasteiger partial charge >= 0.3 is 0 Å². The summed E-state index contributed by atoms with van der Waals surface area (Å²) in [5, 5.41) is 7.08. The first-order valence-corrected chi connectivity index (χ1v) is 9.92. The van der Waals surface area contributed by atoms with E-state index in [-0.39, 0.29) is 5.91 Å². The molecule has 0 bridgehead atoms. The Kier molecular flexibility index (Phi) is 7.27. The molecule has 156 valence electrons. The minimum Gasteiger partial charge on any atom is -0.496 e. The third-order valence-electron chi connectivity index (χ3n) is 4.69. The van der Waals surface area contributed by atoms with E-state index in [9.17, 15) is 4.79 Å². The maximum Gasteiger partial charge on any atom is 0.244 e. The van der Waals surface area contributed by atoms with Crippen molar-refractivity contribution in [3.05, 3.63) is 83.2 Å². The van der Waals surface area contributed by atoms with Gasteiger partial charge in [0.25, 0.3) is 0 Å². The van der Waals surface area contributed by atoms with Crippen molar-refractivity contribution < 1.29 is 14.3 Å². The van der Waals surface area contributed by atoms with E-state index in [1.165, 1.54) is 11.6 Å². The number of carbonyl (C=O) groups is 1. The van der Waals surface area contributed by atoms with Crippen LogP contribution in [-0.2, 0) is 24.5 Å². The summed E-state index contributed by atoms with van der Waals surface area (Å²) in [5.74, 6) is 1.39. The molecular weight excluding hydrogens is 378 g/mol. The molecule has 1 N–H and O–H groups in total. The van der Waals surface area contributed by atoms with Crippen molar-refractivity contribution in [2.75, 3.05) is 7.11 Å². The number of rotatable bonds is 9. The van der Waals surface area contributed by atoms with Gasteiger partial charge in [0.1, 0.15) is 18.1 Å². The Bertz CT molecular complexity index is 1010. The third kappa shape index (κ3) is 5.73. The second-order valence-electron chi connectivity index (χ2n) is 6.86. The highest BCUT2D eigenvalue weighted by Gasteiger charge is 2.06. The first kappa shape index (κ1) is 21.2. The quantitative estimate of drug-likeness (QED) is 0.544. The van der Waals surface area contributed by atoms with E-state index in [1.807, 2.05) is 67.1 Å². The van der Waals surface area contributed by atoms with Crippen LogP contribution < -0.4 is 14.8 Å². The molecule has 0 atom stereocenters.